The molecule has 0 unspecified atom stereocenters. The van der Waals surface area contributed by atoms with Crippen molar-refractivity contribution in [2.45, 2.75) is 24.5 Å². The van der Waals surface area contributed by atoms with E-state index in [0.717, 1.165) is 17.0 Å². The van der Waals surface area contributed by atoms with Gasteiger partial charge in [-0.25, -0.2) is 8.42 Å². The zero-order valence-electron chi connectivity index (χ0n) is 12.7. The number of ether oxygens (including phenoxy) is 1. The van der Waals surface area contributed by atoms with Gasteiger partial charge in [0.05, 0.1) is 17.2 Å². The molecule has 0 N–H and O–H groups in total. The molecule has 1 aliphatic heterocycles. The fraction of sp³-hybridized carbons (Fsp3) is 0.400. The van der Waals surface area contributed by atoms with Gasteiger partial charge in [0.15, 0.2) is 0 Å². The zero-order valence-corrected chi connectivity index (χ0v) is 13.5. The monoisotopic (exact) mass is 321 g/mol. The van der Waals surface area contributed by atoms with E-state index in [1.165, 1.54) is 4.31 Å². The molecule has 0 amide bonds. The summed E-state index contributed by atoms with van der Waals surface area (Å²) in [5.74, 6) is 0. The molecule has 0 spiro atoms. The van der Waals surface area contributed by atoms with Crippen LogP contribution in [0.5, 0.6) is 0 Å². The Labute approximate surface area is 130 Å². The van der Waals surface area contributed by atoms with Gasteiger partial charge in [-0.1, -0.05) is 18.2 Å². The molecule has 0 radical (unpaired) electrons. The lowest BCUT2D eigenvalue weighted by atomic mass is 10.1. The first-order chi connectivity index (χ1) is 10.5. The van der Waals surface area contributed by atoms with Gasteiger partial charge in [-0.2, -0.15) is 9.40 Å². The highest BCUT2D eigenvalue weighted by Crippen LogP contribution is 2.27. The maximum absolute atomic E-state index is 12.7. The maximum Gasteiger partial charge on any atom is 0.243 e. The summed E-state index contributed by atoms with van der Waals surface area (Å²) in [6.07, 6.45) is 0.661. The quantitative estimate of drug-likeness (QED) is 0.852. The Hall–Kier alpha value is -1.70. The average Bonchev–Trinajstić information content (AvgIpc) is 2.84. The second-order valence-corrected chi connectivity index (χ2v) is 7.27. The number of hydrogen-bond donors (Lipinski definition) is 0. The van der Waals surface area contributed by atoms with E-state index in [2.05, 4.69) is 5.10 Å². The third-order valence-corrected chi connectivity index (χ3v) is 5.81. The molecule has 0 aliphatic carbocycles. The van der Waals surface area contributed by atoms with E-state index in [1.54, 1.807) is 31.4 Å². The van der Waals surface area contributed by atoms with E-state index in [1.807, 2.05) is 17.8 Å². The highest BCUT2D eigenvalue weighted by Gasteiger charge is 2.31. The van der Waals surface area contributed by atoms with Crippen LogP contribution in [-0.2, 0) is 41.4 Å². The molecular formula is C15H19N3O3S. The first-order valence-electron chi connectivity index (χ1n) is 7.12. The van der Waals surface area contributed by atoms with Crippen LogP contribution < -0.4 is 0 Å². The van der Waals surface area contributed by atoms with Gasteiger partial charge in [0.2, 0.25) is 10.0 Å². The molecule has 0 fully saturated rings. The van der Waals surface area contributed by atoms with E-state index in [0.29, 0.717) is 31.0 Å². The van der Waals surface area contributed by atoms with Crippen molar-refractivity contribution in [2.24, 2.45) is 7.05 Å². The molecule has 0 atom stereocenters. The first-order valence-corrected chi connectivity index (χ1v) is 8.56. The van der Waals surface area contributed by atoms with Crippen LogP contribution in [0.3, 0.4) is 0 Å². The molecule has 2 aromatic rings. The Morgan fingerprint density at radius 3 is 2.68 bits per heavy atom. The van der Waals surface area contributed by atoms with Crippen molar-refractivity contribution in [1.29, 1.82) is 0 Å². The Morgan fingerprint density at radius 2 is 2.00 bits per heavy atom. The normalized spacial score (nSPS) is 15.7. The fourth-order valence-electron chi connectivity index (χ4n) is 2.84. The summed E-state index contributed by atoms with van der Waals surface area (Å²) in [7, 11) is 0.0300. The van der Waals surface area contributed by atoms with Gasteiger partial charge in [-0.05, 0) is 12.1 Å². The van der Waals surface area contributed by atoms with Crippen molar-refractivity contribution in [1.82, 2.24) is 14.1 Å². The van der Waals surface area contributed by atoms with E-state index in [9.17, 15) is 8.42 Å². The van der Waals surface area contributed by atoms with Crippen LogP contribution in [0, 0.1) is 0 Å². The van der Waals surface area contributed by atoms with E-state index >= 15 is 0 Å². The van der Waals surface area contributed by atoms with Gasteiger partial charge in [-0.3, -0.25) is 4.68 Å². The molecule has 6 nitrogen and oxygen atoms in total. The Morgan fingerprint density at radius 1 is 1.27 bits per heavy atom. The van der Waals surface area contributed by atoms with Crippen molar-refractivity contribution in [3.8, 4) is 0 Å². The van der Waals surface area contributed by atoms with Gasteiger partial charge in [0.25, 0.3) is 0 Å². The van der Waals surface area contributed by atoms with Gasteiger partial charge >= 0.3 is 0 Å². The standard InChI is InChI=1S/C15H19N3O3S/c1-17-15-8-9-18(10-13(15)14(16-17)11-21-2)22(19,20)12-6-4-3-5-7-12/h3-7H,8-11H2,1-2H3. The molecule has 3 rings (SSSR count). The summed E-state index contributed by atoms with van der Waals surface area (Å²) in [5, 5.41) is 4.44. The number of hydrogen-bond acceptors (Lipinski definition) is 4. The molecule has 118 valence electrons. The number of methoxy groups -OCH3 is 1. The third-order valence-electron chi connectivity index (χ3n) is 3.95. The predicted molar refractivity (Wildman–Crippen MR) is 81.7 cm³/mol. The topological polar surface area (TPSA) is 64.4 Å². The Balaban J connectivity index is 1.94. The van der Waals surface area contributed by atoms with E-state index in [-0.39, 0.29) is 0 Å². The van der Waals surface area contributed by atoms with E-state index < -0.39 is 10.0 Å². The third kappa shape index (κ3) is 2.55. The van der Waals surface area contributed by atoms with Crippen molar-refractivity contribution in [3.63, 3.8) is 0 Å². The van der Waals surface area contributed by atoms with Crippen molar-refractivity contribution < 1.29 is 13.2 Å². The van der Waals surface area contributed by atoms with E-state index in [4.69, 9.17) is 4.74 Å². The number of rotatable bonds is 4. The predicted octanol–water partition coefficient (Wildman–Crippen LogP) is 1.31. The van der Waals surface area contributed by atoms with Gasteiger partial charge < -0.3 is 4.74 Å². The van der Waals surface area contributed by atoms with Gasteiger partial charge in [0, 0.05) is 44.9 Å². The first kappa shape index (κ1) is 15.2. The molecule has 7 heteroatoms. The largest absolute Gasteiger partial charge is 0.378 e. The molecule has 1 aromatic heterocycles. The molecule has 1 aliphatic rings. The summed E-state index contributed by atoms with van der Waals surface area (Å²) in [4.78, 5) is 0.329. The second kappa shape index (κ2) is 5.83. The lowest BCUT2D eigenvalue weighted by Crippen LogP contribution is -2.36. The van der Waals surface area contributed by atoms with Crippen molar-refractivity contribution in [2.75, 3.05) is 13.7 Å². The second-order valence-electron chi connectivity index (χ2n) is 5.33. The Kier molecular flexibility index (Phi) is 4.03. The molecular weight excluding hydrogens is 302 g/mol. The molecule has 0 saturated heterocycles. The fourth-order valence-corrected chi connectivity index (χ4v) is 4.27. The van der Waals surface area contributed by atoms with Gasteiger partial charge in [-0.15, -0.1) is 0 Å². The van der Waals surface area contributed by atoms with Crippen LogP contribution in [0.25, 0.3) is 0 Å². The average molecular weight is 321 g/mol. The highest BCUT2D eigenvalue weighted by molar-refractivity contribution is 7.89. The van der Waals surface area contributed by atoms with Crippen LogP contribution in [0.1, 0.15) is 17.0 Å². The van der Waals surface area contributed by atoms with Crippen LogP contribution in [0.4, 0.5) is 0 Å². The minimum atomic E-state index is -3.47. The summed E-state index contributed by atoms with van der Waals surface area (Å²) >= 11 is 0. The number of sulfonamides is 1. The summed E-state index contributed by atoms with van der Waals surface area (Å²) < 4.78 is 34.0. The minimum Gasteiger partial charge on any atom is -0.378 e. The summed E-state index contributed by atoms with van der Waals surface area (Å²) in [6.45, 7) is 1.21. The van der Waals surface area contributed by atoms with Crippen molar-refractivity contribution >= 4 is 10.0 Å². The highest BCUT2D eigenvalue weighted by atomic mass is 32.2. The van der Waals surface area contributed by atoms with Crippen LogP contribution in [0.2, 0.25) is 0 Å². The van der Waals surface area contributed by atoms with Crippen LogP contribution in [0.15, 0.2) is 35.2 Å². The smallest absolute Gasteiger partial charge is 0.243 e. The molecule has 1 aromatic carbocycles. The molecule has 0 saturated carbocycles. The number of aryl methyl sites for hydroxylation is 1. The maximum atomic E-state index is 12.7. The van der Waals surface area contributed by atoms with Crippen LogP contribution in [-0.4, -0.2) is 36.2 Å². The number of nitrogens with zero attached hydrogens (tertiary/aromatic N) is 3. The minimum absolute atomic E-state index is 0.329. The van der Waals surface area contributed by atoms with Crippen LogP contribution >= 0.6 is 0 Å². The Bertz CT molecular complexity index is 769. The SMILES string of the molecule is COCc1nn(C)c2c1CN(S(=O)(=O)c1ccccc1)CC2. The molecule has 0 bridgehead atoms. The number of benzene rings is 1. The zero-order chi connectivity index (χ0) is 15.7. The van der Waals surface area contributed by atoms with Gasteiger partial charge in [0.1, 0.15) is 0 Å². The summed E-state index contributed by atoms with van der Waals surface area (Å²) in [5.41, 5.74) is 2.87. The lowest BCUT2D eigenvalue weighted by Gasteiger charge is -2.27. The number of fused-ring (bicyclic) bond motifs is 1. The summed E-state index contributed by atoms with van der Waals surface area (Å²) in [6, 6.07) is 8.55. The number of aromatic nitrogens is 2. The molecule has 2 heterocycles. The molecule has 22 heavy (non-hydrogen) atoms. The lowest BCUT2D eigenvalue weighted by molar-refractivity contribution is 0.179. The van der Waals surface area contributed by atoms with Crippen molar-refractivity contribution in [3.05, 3.63) is 47.3 Å².